The van der Waals surface area contributed by atoms with Crippen LogP contribution in [0.4, 0.5) is 13.2 Å². The van der Waals surface area contributed by atoms with Gasteiger partial charge in [0, 0.05) is 43.1 Å². The normalized spacial score (nSPS) is 21.1. The van der Waals surface area contributed by atoms with Crippen molar-refractivity contribution in [3.05, 3.63) is 54.5 Å². The third-order valence-corrected chi connectivity index (χ3v) is 5.87. The number of carbonyl (C=O) groups excluding carboxylic acids is 1. The number of rotatable bonds is 4. The summed E-state index contributed by atoms with van der Waals surface area (Å²) in [7, 11) is 0. The number of morpholine rings is 1. The van der Waals surface area contributed by atoms with Crippen LogP contribution in [0, 0.1) is 0 Å². The summed E-state index contributed by atoms with van der Waals surface area (Å²) >= 11 is 0. The SMILES string of the molecule is O=C(c1cn2cccc(-c3ccccc3OCC(F)(F)F)c2n1)N1CCO[C@]2(CCOC2)C1. The van der Waals surface area contributed by atoms with E-state index in [0.717, 1.165) is 6.42 Å². The number of imidazole rings is 1. The Morgan fingerprint density at radius 2 is 1.97 bits per heavy atom. The molecule has 1 aromatic carbocycles. The van der Waals surface area contributed by atoms with Gasteiger partial charge in [-0.15, -0.1) is 0 Å². The second kappa shape index (κ2) is 8.35. The summed E-state index contributed by atoms with van der Waals surface area (Å²) in [4.78, 5) is 19.5. The van der Waals surface area contributed by atoms with Gasteiger partial charge in [0.15, 0.2) is 6.61 Å². The van der Waals surface area contributed by atoms with E-state index in [-0.39, 0.29) is 17.4 Å². The monoisotopic (exact) mass is 461 g/mol. The van der Waals surface area contributed by atoms with Gasteiger partial charge >= 0.3 is 6.18 Å². The Balaban J connectivity index is 1.46. The van der Waals surface area contributed by atoms with Crippen LogP contribution in [-0.4, -0.2) is 71.5 Å². The van der Waals surface area contributed by atoms with Crippen molar-refractivity contribution in [2.24, 2.45) is 0 Å². The standard InChI is InChI=1S/C23H22F3N3O4/c24-23(25,26)15-32-19-6-2-1-4-16(19)17-5-3-8-28-12-18(27-20(17)28)21(30)29-9-11-33-22(13-29)7-10-31-14-22/h1-6,8,12H,7,9-11,13-15H2/t22-/m1/s1. The van der Waals surface area contributed by atoms with Gasteiger partial charge in [-0.1, -0.05) is 18.2 Å². The number of halogens is 3. The van der Waals surface area contributed by atoms with E-state index in [1.807, 2.05) is 0 Å². The topological polar surface area (TPSA) is 65.3 Å². The van der Waals surface area contributed by atoms with Crippen LogP contribution in [0.5, 0.6) is 5.75 Å². The van der Waals surface area contributed by atoms with Crippen LogP contribution in [0.2, 0.25) is 0 Å². The Morgan fingerprint density at radius 3 is 2.76 bits per heavy atom. The first kappa shape index (κ1) is 21.7. The molecule has 2 aromatic heterocycles. The fraction of sp³-hybridized carbons (Fsp3) is 0.391. The lowest BCUT2D eigenvalue weighted by Gasteiger charge is -2.39. The minimum Gasteiger partial charge on any atom is -0.483 e. The highest BCUT2D eigenvalue weighted by molar-refractivity contribution is 5.94. The maximum absolute atomic E-state index is 13.2. The Kier molecular flexibility index (Phi) is 5.49. The first-order valence-corrected chi connectivity index (χ1v) is 10.6. The van der Waals surface area contributed by atoms with E-state index in [2.05, 4.69) is 4.98 Å². The van der Waals surface area contributed by atoms with Crippen molar-refractivity contribution in [1.29, 1.82) is 0 Å². The molecule has 0 radical (unpaired) electrons. The van der Waals surface area contributed by atoms with Gasteiger partial charge in [0.2, 0.25) is 0 Å². The highest BCUT2D eigenvalue weighted by Crippen LogP contribution is 2.34. The van der Waals surface area contributed by atoms with Gasteiger partial charge < -0.3 is 23.5 Å². The van der Waals surface area contributed by atoms with E-state index in [4.69, 9.17) is 14.2 Å². The average Bonchev–Trinajstić information content (AvgIpc) is 3.44. The van der Waals surface area contributed by atoms with E-state index in [1.165, 1.54) is 6.07 Å². The molecule has 33 heavy (non-hydrogen) atoms. The summed E-state index contributed by atoms with van der Waals surface area (Å²) in [5.74, 6) is -0.129. The molecule has 0 N–H and O–H groups in total. The minimum absolute atomic E-state index is 0.0927. The highest BCUT2D eigenvalue weighted by Gasteiger charge is 2.42. The van der Waals surface area contributed by atoms with Crippen LogP contribution in [0.15, 0.2) is 48.8 Å². The fourth-order valence-corrected chi connectivity index (χ4v) is 4.31. The largest absolute Gasteiger partial charge is 0.483 e. The van der Waals surface area contributed by atoms with E-state index in [1.54, 1.807) is 52.0 Å². The lowest BCUT2D eigenvalue weighted by Crippen LogP contribution is -2.54. The van der Waals surface area contributed by atoms with Gasteiger partial charge in [0.25, 0.3) is 5.91 Å². The molecule has 0 bridgehead atoms. The lowest BCUT2D eigenvalue weighted by atomic mass is 10.0. The van der Waals surface area contributed by atoms with Crippen LogP contribution >= 0.6 is 0 Å². The van der Waals surface area contributed by atoms with Gasteiger partial charge in [-0.2, -0.15) is 13.2 Å². The molecular formula is C23H22F3N3O4. The number of fused-ring (bicyclic) bond motifs is 1. The number of carbonyl (C=O) groups is 1. The van der Waals surface area contributed by atoms with Crippen molar-refractivity contribution < 1.29 is 32.2 Å². The number of para-hydroxylation sites is 1. The molecule has 2 aliphatic rings. The van der Waals surface area contributed by atoms with Gasteiger partial charge in [0.1, 0.15) is 22.7 Å². The van der Waals surface area contributed by atoms with Crippen molar-refractivity contribution >= 4 is 11.6 Å². The predicted octanol–water partition coefficient (Wildman–Crippen LogP) is 3.57. The first-order chi connectivity index (χ1) is 15.8. The van der Waals surface area contributed by atoms with Crippen LogP contribution in [0.25, 0.3) is 16.8 Å². The predicted molar refractivity (Wildman–Crippen MR) is 112 cm³/mol. The highest BCUT2D eigenvalue weighted by atomic mass is 19.4. The second-order valence-corrected chi connectivity index (χ2v) is 8.24. The molecule has 7 nitrogen and oxygen atoms in total. The quantitative estimate of drug-likeness (QED) is 0.595. The molecule has 2 aliphatic heterocycles. The third-order valence-electron chi connectivity index (χ3n) is 5.87. The Hall–Kier alpha value is -3.11. The molecule has 1 atom stereocenters. The summed E-state index contributed by atoms with van der Waals surface area (Å²) < 4.78 is 56.2. The summed E-state index contributed by atoms with van der Waals surface area (Å²) in [6, 6.07) is 9.96. The molecule has 1 spiro atoms. The first-order valence-electron chi connectivity index (χ1n) is 10.6. The molecule has 0 aliphatic carbocycles. The zero-order chi connectivity index (χ0) is 23.1. The van der Waals surface area contributed by atoms with Crippen molar-refractivity contribution in [3.63, 3.8) is 0 Å². The summed E-state index contributed by atoms with van der Waals surface area (Å²) in [6.45, 7) is 0.984. The van der Waals surface area contributed by atoms with E-state index in [9.17, 15) is 18.0 Å². The van der Waals surface area contributed by atoms with Gasteiger partial charge in [-0.05, 0) is 18.2 Å². The smallest absolute Gasteiger partial charge is 0.422 e. The molecule has 4 heterocycles. The van der Waals surface area contributed by atoms with Crippen molar-refractivity contribution in [2.75, 3.05) is 39.5 Å². The average molecular weight is 461 g/mol. The zero-order valence-electron chi connectivity index (χ0n) is 17.7. The second-order valence-electron chi connectivity index (χ2n) is 8.24. The molecular weight excluding hydrogens is 439 g/mol. The lowest BCUT2D eigenvalue weighted by molar-refractivity contribution is -0.153. The van der Waals surface area contributed by atoms with Crippen LogP contribution in [0.1, 0.15) is 16.9 Å². The molecule has 2 fully saturated rings. The van der Waals surface area contributed by atoms with Crippen molar-refractivity contribution in [2.45, 2.75) is 18.2 Å². The molecule has 2 saturated heterocycles. The molecule has 5 rings (SSSR count). The molecule has 3 aromatic rings. The number of amides is 1. The number of hydrogen-bond donors (Lipinski definition) is 0. The van der Waals surface area contributed by atoms with Crippen LogP contribution in [0.3, 0.4) is 0 Å². The Bertz CT molecular complexity index is 1170. The van der Waals surface area contributed by atoms with Gasteiger partial charge in [-0.25, -0.2) is 4.98 Å². The Morgan fingerprint density at radius 1 is 1.15 bits per heavy atom. The molecule has 0 unspecified atom stereocenters. The number of alkyl halides is 3. The van der Waals surface area contributed by atoms with Gasteiger partial charge in [0.05, 0.1) is 19.8 Å². The molecule has 0 saturated carbocycles. The van der Waals surface area contributed by atoms with E-state index in [0.29, 0.717) is 49.7 Å². The fourth-order valence-electron chi connectivity index (χ4n) is 4.31. The van der Waals surface area contributed by atoms with E-state index < -0.39 is 18.4 Å². The Labute approximate surface area is 187 Å². The van der Waals surface area contributed by atoms with Gasteiger partial charge in [-0.3, -0.25) is 4.79 Å². The zero-order valence-corrected chi connectivity index (χ0v) is 17.7. The summed E-state index contributed by atoms with van der Waals surface area (Å²) in [5.41, 5.74) is 1.28. The van der Waals surface area contributed by atoms with Crippen LogP contribution in [-0.2, 0) is 9.47 Å². The van der Waals surface area contributed by atoms with Crippen LogP contribution < -0.4 is 4.74 Å². The maximum atomic E-state index is 13.2. The number of hydrogen-bond acceptors (Lipinski definition) is 5. The minimum atomic E-state index is -4.45. The van der Waals surface area contributed by atoms with Crippen molar-refractivity contribution in [3.8, 4) is 16.9 Å². The molecule has 10 heteroatoms. The molecule has 1 amide bonds. The number of nitrogens with zero attached hydrogens (tertiary/aromatic N) is 3. The number of benzene rings is 1. The third kappa shape index (κ3) is 4.40. The van der Waals surface area contributed by atoms with E-state index >= 15 is 0 Å². The molecule has 174 valence electrons. The summed E-state index contributed by atoms with van der Waals surface area (Å²) in [5, 5.41) is 0. The van der Waals surface area contributed by atoms with Crippen molar-refractivity contribution in [1.82, 2.24) is 14.3 Å². The number of aromatic nitrogens is 2. The maximum Gasteiger partial charge on any atom is 0.422 e. The number of ether oxygens (including phenoxy) is 3. The summed E-state index contributed by atoms with van der Waals surface area (Å²) in [6.07, 6.45) is -0.340. The number of pyridine rings is 1.